The van der Waals surface area contributed by atoms with Crippen LogP contribution in [0, 0.1) is 0 Å². The van der Waals surface area contributed by atoms with Crippen LogP contribution < -0.4 is 0 Å². The molecule has 2 nitrogen and oxygen atoms in total. The first kappa shape index (κ1) is 8.56. The van der Waals surface area contributed by atoms with Crippen molar-refractivity contribution in [2.75, 3.05) is 7.11 Å². The highest BCUT2D eigenvalue weighted by atomic mass is 79.9. The fraction of sp³-hybridized carbons (Fsp3) is 0.250. The normalized spacial score (nSPS) is 10.0. The van der Waals surface area contributed by atoms with Crippen LogP contribution >= 0.6 is 15.9 Å². The number of aromatic hydroxyl groups is 1. The highest BCUT2D eigenvalue weighted by Gasteiger charge is 1.97. The number of ether oxygens (including phenoxy) is 1. The van der Waals surface area contributed by atoms with Crippen molar-refractivity contribution in [2.24, 2.45) is 0 Å². The van der Waals surface area contributed by atoms with Gasteiger partial charge in [0.2, 0.25) is 0 Å². The molecule has 0 spiro atoms. The van der Waals surface area contributed by atoms with Gasteiger partial charge in [-0.25, -0.2) is 0 Å². The molecule has 1 rings (SSSR count). The van der Waals surface area contributed by atoms with E-state index in [9.17, 15) is 0 Å². The first-order chi connectivity index (χ1) is 5.24. The molecular formula is C8H9BrO2. The Morgan fingerprint density at radius 2 is 2.27 bits per heavy atom. The maximum absolute atomic E-state index is 9.12. The second-order valence-electron chi connectivity index (χ2n) is 2.22. The fourth-order valence-electron chi connectivity index (χ4n) is 0.807. The van der Waals surface area contributed by atoms with Crippen molar-refractivity contribution >= 4 is 15.9 Å². The van der Waals surface area contributed by atoms with Crippen molar-refractivity contribution in [1.29, 1.82) is 0 Å². The standard InChI is InChI=1S/C8H9BrO2/c1-11-5-6-2-3-8(10)7(9)4-6/h2-4,10H,5H2,1H3. The third kappa shape index (κ3) is 2.20. The lowest BCUT2D eigenvalue weighted by molar-refractivity contribution is 0.185. The molecule has 0 bridgehead atoms. The maximum Gasteiger partial charge on any atom is 0.129 e. The Bertz CT molecular complexity index is 248. The molecule has 0 aliphatic heterocycles. The summed E-state index contributed by atoms with van der Waals surface area (Å²) < 4.78 is 5.62. The highest BCUT2D eigenvalue weighted by Crippen LogP contribution is 2.24. The minimum atomic E-state index is 0.254. The predicted octanol–water partition coefficient (Wildman–Crippen LogP) is 2.30. The molecule has 0 saturated carbocycles. The zero-order valence-corrected chi connectivity index (χ0v) is 7.76. The number of benzene rings is 1. The summed E-state index contributed by atoms with van der Waals surface area (Å²) in [7, 11) is 1.64. The van der Waals surface area contributed by atoms with Crippen LogP contribution in [0.5, 0.6) is 5.75 Å². The SMILES string of the molecule is COCc1ccc(O)c(Br)c1. The van der Waals surface area contributed by atoms with Crippen LogP contribution in [-0.4, -0.2) is 12.2 Å². The van der Waals surface area contributed by atoms with Crippen LogP contribution in [0.2, 0.25) is 0 Å². The Kier molecular flexibility index (Phi) is 2.91. The summed E-state index contributed by atoms with van der Waals surface area (Å²) in [6.07, 6.45) is 0. The quantitative estimate of drug-likeness (QED) is 0.823. The van der Waals surface area contributed by atoms with E-state index in [1.165, 1.54) is 0 Å². The minimum Gasteiger partial charge on any atom is -0.507 e. The average Bonchev–Trinajstić information content (AvgIpc) is 1.98. The number of rotatable bonds is 2. The van der Waals surface area contributed by atoms with Crippen LogP contribution in [0.1, 0.15) is 5.56 Å². The number of phenolic OH excluding ortho intramolecular Hbond substituents is 1. The monoisotopic (exact) mass is 216 g/mol. The zero-order chi connectivity index (χ0) is 8.27. The minimum absolute atomic E-state index is 0.254. The fourth-order valence-corrected chi connectivity index (χ4v) is 1.23. The Morgan fingerprint density at radius 1 is 1.55 bits per heavy atom. The van der Waals surface area contributed by atoms with Crippen molar-refractivity contribution in [1.82, 2.24) is 0 Å². The van der Waals surface area contributed by atoms with E-state index in [-0.39, 0.29) is 5.75 Å². The first-order valence-corrected chi connectivity index (χ1v) is 3.99. The molecule has 0 saturated heterocycles. The van der Waals surface area contributed by atoms with E-state index >= 15 is 0 Å². The molecule has 0 aliphatic carbocycles. The van der Waals surface area contributed by atoms with Crippen molar-refractivity contribution in [2.45, 2.75) is 6.61 Å². The molecule has 1 N–H and O–H groups in total. The second-order valence-corrected chi connectivity index (χ2v) is 3.07. The molecule has 0 heterocycles. The van der Waals surface area contributed by atoms with Gasteiger partial charge in [-0.15, -0.1) is 0 Å². The Morgan fingerprint density at radius 3 is 2.82 bits per heavy atom. The molecule has 0 aromatic heterocycles. The van der Waals surface area contributed by atoms with Crippen molar-refractivity contribution in [3.63, 3.8) is 0 Å². The smallest absolute Gasteiger partial charge is 0.129 e. The van der Waals surface area contributed by atoms with Gasteiger partial charge in [0.15, 0.2) is 0 Å². The third-order valence-corrected chi connectivity index (χ3v) is 1.96. The van der Waals surface area contributed by atoms with Gasteiger partial charge >= 0.3 is 0 Å². The van der Waals surface area contributed by atoms with E-state index < -0.39 is 0 Å². The lowest BCUT2D eigenvalue weighted by Gasteiger charge is -2.01. The number of hydrogen-bond acceptors (Lipinski definition) is 2. The summed E-state index contributed by atoms with van der Waals surface area (Å²) in [5.41, 5.74) is 1.04. The summed E-state index contributed by atoms with van der Waals surface area (Å²) in [6.45, 7) is 0.568. The topological polar surface area (TPSA) is 29.5 Å². The molecule has 3 heteroatoms. The van der Waals surface area contributed by atoms with Crippen molar-refractivity contribution in [3.8, 4) is 5.75 Å². The van der Waals surface area contributed by atoms with Gasteiger partial charge in [-0.2, -0.15) is 0 Å². The maximum atomic E-state index is 9.12. The molecule has 0 fully saturated rings. The largest absolute Gasteiger partial charge is 0.507 e. The molecule has 1 aromatic rings. The summed E-state index contributed by atoms with van der Waals surface area (Å²) in [5, 5.41) is 9.12. The lowest BCUT2D eigenvalue weighted by atomic mass is 10.2. The van der Waals surface area contributed by atoms with Gasteiger partial charge in [0, 0.05) is 7.11 Å². The summed E-state index contributed by atoms with van der Waals surface area (Å²) in [5.74, 6) is 0.254. The van der Waals surface area contributed by atoms with Crippen LogP contribution in [0.4, 0.5) is 0 Å². The van der Waals surface area contributed by atoms with E-state index in [0.29, 0.717) is 11.1 Å². The number of halogens is 1. The van der Waals surface area contributed by atoms with Gasteiger partial charge in [-0.1, -0.05) is 6.07 Å². The van der Waals surface area contributed by atoms with Crippen molar-refractivity contribution in [3.05, 3.63) is 28.2 Å². The van der Waals surface area contributed by atoms with Gasteiger partial charge in [0.05, 0.1) is 11.1 Å². The van der Waals surface area contributed by atoms with Crippen LogP contribution in [0.3, 0.4) is 0 Å². The van der Waals surface area contributed by atoms with E-state index in [4.69, 9.17) is 9.84 Å². The molecule has 0 amide bonds. The van der Waals surface area contributed by atoms with E-state index in [1.807, 2.05) is 12.1 Å². The average molecular weight is 217 g/mol. The van der Waals surface area contributed by atoms with E-state index in [2.05, 4.69) is 15.9 Å². The molecular weight excluding hydrogens is 208 g/mol. The molecule has 0 aliphatic rings. The van der Waals surface area contributed by atoms with Crippen molar-refractivity contribution < 1.29 is 9.84 Å². The van der Waals surface area contributed by atoms with E-state index in [1.54, 1.807) is 13.2 Å². The first-order valence-electron chi connectivity index (χ1n) is 3.20. The third-order valence-electron chi connectivity index (χ3n) is 1.32. The zero-order valence-electron chi connectivity index (χ0n) is 6.17. The highest BCUT2D eigenvalue weighted by molar-refractivity contribution is 9.10. The summed E-state index contributed by atoms with van der Waals surface area (Å²) in [4.78, 5) is 0. The Hall–Kier alpha value is -0.540. The number of methoxy groups -OCH3 is 1. The second kappa shape index (κ2) is 3.74. The summed E-state index contributed by atoms with van der Waals surface area (Å²) in [6, 6.07) is 5.29. The van der Waals surface area contributed by atoms with Gasteiger partial charge in [0.25, 0.3) is 0 Å². The van der Waals surface area contributed by atoms with Gasteiger partial charge in [0.1, 0.15) is 5.75 Å². The molecule has 0 atom stereocenters. The van der Waals surface area contributed by atoms with E-state index in [0.717, 1.165) is 5.56 Å². The number of hydrogen-bond donors (Lipinski definition) is 1. The van der Waals surface area contributed by atoms with Gasteiger partial charge in [-0.3, -0.25) is 0 Å². The van der Waals surface area contributed by atoms with Gasteiger partial charge < -0.3 is 9.84 Å². The molecule has 0 radical (unpaired) electrons. The molecule has 11 heavy (non-hydrogen) atoms. The number of phenols is 1. The van der Waals surface area contributed by atoms with Gasteiger partial charge in [-0.05, 0) is 33.6 Å². The van der Waals surface area contributed by atoms with Crippen LogP contribution in [0.15, 0.2) is 22.7 Å². The van der Waals surface area contributed by atoms with Crippen LogP contribution in [0.25, 0.3) is 0 Å². The summed E-state index contributed by atoms with van der Waals surface area (Å²) >= 11 is 3.21. The predicted molar refractivity (Wildman–Crippen MR) is 46.5 cm³/mol. The molecule has 0 unspecified atom stereocenters. The molecule has 60 valence electrons. The Balaban J connectivity index is 2.86. The van der Waals surface area contributed by atoms with Crippen LogP contribution in [-0.2, 0) is 11.3 Å². The Labute approximate surface area is 73.9 Å². The molecule has 1 aromatic carbocycles. The lowest BCUT2D eigenvalue weighted by Crippen LogP contribution is -1.86.